The van der Waals surface area contributed by atoms with E-state index in [2.05, 4.69) is 16.0 Å². The molecule has 0 saturated carbocycles. The maximum absolute atomic E-state index is 10.7. The van der Waals surface area contributed by atoms with Crippen molar-refractivity contribution in [3.8, 4) is 0 Å². The molecule has 0 fully saturated rings. The summed E-state index contributed by atoms with van der Waals surface area (Å²) in [6, 6.07) is 4.62. The Morgan fingerprint density at radius 1 is 0.630 bits per heavy atom. The second-order valence-corrected chi connectivity index (χ2v) is 6.25. The van der Waals surface area contributed by atoms with Gasteiger partial charge in [0.15, 0.2) is 0 Å². The van der Waals surface area contributed by atoms with E-state index in [0.717, 1.165) is 0 Å². The highest BCUT2D eigenvalue weighted by atomic mass is 32.1. The molecule has 1 aromatic rings. The minimum absolute atomic E-state index is 0.113. The topological polar surface area (TPSA) is 148 Å². The third-order valence-electron chi connectivity index (χ3n) is 2.92. The Balaban J connectivity index is 3.16. The van der Waals surface area contributed by atoms with Crippen LogP contribution in [0.5, 0.6) is 0 Å². The maximum Gasteiger partial charge on any atom is 0.322 e. The molecule has 0 atom stereocenters. The van der Waals surface area contributed by atoms with Gasteiger partial charge in [0, 0.05) is 16.7 Å². The second kappa shape index (κ2) is 10.4. The number of rotatable bonds is 9. The molecule has 1 aromatic carbocycles. The number of nitrogens with one attached hydrogen (secondary N) is 3. The highest BCUT2D eigenvalue weighted by molar-refractivity contribution is 7.81. The van der Waals surface area contributed by atoms with Gasteiger partial charge in [0.25, 0.3) is 0 Å². The average molecular weight is 430 g/mol. The van der Waals surface area contributed by atoms with E-state index in [-0.39, 0.29) is 15.0 Å². The molecule has 27 heavy (non-hydrogen) atoms. The number of benzene rings is 1. The van der Waals surface area contributed by atoms with Gasteiger partial charge >= 0.3 is 17.9 Å². The van der Waals surface area contributed by atoms with Crippen LogP contribution in [-0.2, 0) is 14.4 Å². The van der Waals surface area contributed by atoms with Crippen LogP contribution in [0.4, 0.5) is 0 Å². The zero-order valence-electron chi connectivity index (χ0n) is 13.6. The van der Waals surface area contributed by atoms with Crippen molar-refractivity contribution in [3.63, 3.8) is 0 Å². The average Bonchev–Trinajstić information content (AvgIpc) is 2.61. The number of hydrogen-bond donors (Lipinski definition) is 6. The first-order chi connectivity index (χ1) is 12.6. The highest BCUT2D eigenvalue weighted by Gasteiger charge is 2.13. The van der Waals surface area contributed by atoms with Crippen LogP contribution in [0.2, 0.25) is 0 Å². The van der Waals surface area contributed by atoms with Crippen LogP contribution in [0.15, 0.2) is 18.2 Å². The van der Waals surface area contributed by atoms with Crippen LogP contribution in [0.1, 0.15) is 16.7 Å². The lowest BCUT2D eigenvalue weighted by atomic mass is 10.0. The van der Waals surface area contributed by atoms with Gasteiger partial charge in [-0.25, -0.2) is 0 Å². The van der Waals surface area contributed by atoms with Crippen LogP contribution >= 0.6 is 36.7 Å². The van der Waals surface area contributed by atoms with Crippen LogP contribution < -0.4 is 16.0 Å². The second-order valence-electron chi connectivity index (χ2n) is 5.03. The van der Waals surface area contributed by atoms with Gasteiger partial charge in [-0.3, -0.25) is 14.4 Å². The fourth-order valence-corrected chi connectivity index (χ4v) is 2.36. The van der Waals surface area contributed by atoms with Crippen LogP contribution in [0.3, 0.4) is 0 Å². The van der Waals surface area contributed by atoms with E-state index in [1.807, 2.05) is 0 Å². The minimum atomic E-state index is -1.11. The molecular weight excluding hydrogens is 414 g/mol. The summed E-state index contributed by atoms with van der Waals surface area (Å²) in [5.74, 6) is -3.32. The van der Waals surface area contributed by atoms with Crippen molar-refractivity contribution in [2.24, 2.45) is 0 Å². The molecule has 6 N–H and O–H groups in total. The lowest BCUT2D eigenvalue weighted by Gasteiger charge is -2.14. The van der Waals surface area contributed by atoms with Gasteiger partial charge in [0.05, 0.1) is 0 Å². The van der Waals surface area contributed by atoms with E-state index in [9.17, 15) is 14.4 Å². The van der Waals surface area contributed by atoms with Gasteiger partial charge in [-0.1, -0.05) is 36.7 Å². The van der Waals surface area contributed by atoms with E-state index in [4.69, 9.17) is 52.0 Å². The zero-order chi connectivity index (χ0) is 20.6. The molecule has 0 radical (unpaired) electrons. The van der Waals surface area contributed by atoms with Gasteiger partial charge in [-0.05, 0) is 18.2 Å². The van der Waals surface area contributed by atoms with Crippen molar-refractivity contribution >= 4 is 69.5 Å². The number of carboxylic acids is 3. The molecule has 12 heteroatoms. The summed E-state index contributed by atoms with van der Waals surface area (Å²) < 4.78 is 0. The molecule has 0 heterocycles. The molecule has 0 unspecified atom stereocenters. The summed E-state index contributed by atoms with van der Waals surface area (Å²) in [4.78, 5) is 32.4. The number of carbonyl (C=O) groups is 3. The summed E-state index contributed by atoms with van der Waals surface area (Å²) >= 11 is 15.5. The van der Waals surface area contributed by atoms with Crippen molar-refractivity contribution in [1.82, 2.24) is 16.0 Å². The lowest BCUT2D eigenvalue weighted by molar-refractivity contribution is -0.136. The van der Waals surface area contributed by atoms with Crippen molar-refractivity contribution in [1.29, 1.82) is 0 Å². The Morgan fingerprint density at radius 3 is 1.04 bits per heavy atom. The fourth-order valence-electron chi connectivity index (χ4n) is 1.79. The number of carboxylic acid groups (broad SMARTS) is 3. The first-order valence-corrected chi connectivity index (χ1v) is 8.47. The van der Waals surface area contributed by atoms with Crippen molar-refractivity contribution in [2.45, 2.75) is 0 Å². The van der Waals surface area contributed by atoms with E-state index in [0.29, 0.717) is 16.7 Å². The van der Waals surface area contributed by atoms with Crippen molar-refractivity contribution < 1.29 is 29.7 Å². The highest BCUT2D eigenvalue weighted by Crippen LogP contribution is 2.13. The van der Waals surface area contributed by atoms with Gasteiger partial charge < -0.3 is 31.3 Å². The predicted molar refractivity (Wildman–Crippen MR) is 108 cm³/mol. The van der Waals surface area contributed by atoms with E-state index in [1.54, 1.807) is 0 Å². The molecule has 0 bridgehead atoms. The standard InChI is InChI=1S/C15H15N3O6S3/c19-10(20)4-16-13(25)7-1-8(14(26)17-5-11(21)22)3-9(2-7)15(27)18-6-12(23)24/h1-3H,4-6H2,(H,16,25)(H,17,26)(H,18,27)(H,19,20)(H,21,22)(H,23,24). The molecule has 0 amide bonds. The van der Waals surface area contributed by atoms with Crippen LogP contribution in [-0.4, -0.2) is 67.8 Å². The Kier molecular flexibility index (Phi) is 8.65. The summed E-state index contributed by atoms with van der Waals surface area (Å²) in [5, 5.41) is 33.9. The normalized spacial score (nSPS) is 9.78. The number of aliphatic carboxylic acids is 3. The molecule has 144 valence electrons. The van der Waals surface area contributed by atoms with E-state index < -0.39 is 37.5 Å². The van der Waals surface area contributed by atoms with Gasteiger partial charge in [0.2, 0.25) is 0 Å². The van der Waals surface area contributed by atoms with Crippen molar-refractivity contribution in [2.75, 3.05) is 19.6 Å². The Hall–Kier alpha value is -2.70. The maximum atomic E-state index is 10.7. The van der Waals surface area contributed by atoms with Gasteiger partial charge in [-0.15, -0.1) is 0 Å². The Morgan fingerprint density at radius 2 is 0.852 bits per heavy atom. The summed E-state index contributed by atoms with van der Waals surface area (Å²) in [7, 11) is 0. The lowest BCUT2D eigenvalue weighted by Crippen LogP contribution is -2.32. The van der Waals surface area contributed by atoms with E-state index in [1.165, 1.54) is 18.2 Å². The quantitative estimate of drug-likeness (QED) is 0.287. The van der Waals surface area contributed by atoms with Crippen LogP contribution in [0, 0.1) is 0 Å². The monoisotopic (exact) mass is 429 g/mol. The first kappa shape index (κ1) is 22.3. The summed E-state index contributed by atoms with van der Waals surface area (Å²) in [6.45, 7) is -1.20. The van der Waals surface area contributed by atoms with Crippen LogP contribution in [0.25, 0.3) is 0 Å². The summed E-state index contributed by atoms with van der Waals surface area (Å²) in [5.41, 5.74) is 1.16. The smallest absolute Gasteiger partial charge is 0.322 e. The largest absolute Gasteiger partial charge is 0.480 e. The molecule has 0 aliphatic rings. The van der Waals surface area contributed by atoms with Gasteiger partial charge in [0.1, 0.15) is 34.6 Å². The van der Waals surface area contributed by atoms with Gasteiger partial charge in [-0.2, -0.15) is 0 Å². The third-order valence-corrected chi connectivity index (χ3v) is 4.06. The SMILES string of the molecule is O=C(O)CNC(=S)c1cc(C(=S)NCC(=O)O)cc(C(=S)NCC(=O)O)c1. The molecule has 1 rings (SSSR count). The third kappa shape index (κ3) is 8.02. The predicted octanol–water partition coefficient (Wildman–Crippen LogP) is -0.264. The molecule has 9 nitrogen and oxygen atoms in total. The van der Waals surface area contributed by atoms with Crippen molar-refractivity contribution in [3.05, 3.63) is 34.9 Å². The molecule has 0 aliphatic carbocycles. The number of hydrogen-bond acceptors (Lipinski definition) is 6. The fraction of sp³-hybridized carbons (Fsp3) is 0.200. The Bertz CT molecular complexity index is 695. The Labute approximate surface area is 169 Å². The molecule has 0 aliphatic heterocycles. The minimum Gasteiger partial charge on any atom is -0.480 e. The first-order valence-electron chi connectivity index (χ1n) is 7.25. The molecular formula is C15H15N3O6S3. The molecule has 0 saturated heterocycles. The molecule has 0 spiro atoms. The molecule has 0 aromatic heterocycles. The summed E-state index contributed by atoms with van der Waals surface area (Å²) in [6.07, 6.45) is 0. The van der Waals surface area contributed by atoms with E-state index >= 15 is 0 Å². The zero-order valence-corrected chi connectivity index (χ0v) is 16.1. The number of thiocarbonyl (C=S) groups is 3.